The molecule has 236 valence electrons. The lowest BCUT2D eigenvalue weighted by Gasteiger charge is -2.26. The van der Waals surface area contributed by atoms with Crippen LogP contribution in [0.1, 0.15) is 0 Å². The Morgan fingerprint density at radius 2 is 1.14 bits per heavy atom. The van der Waals surface area contributed by atoms with Crippen LogP contribution in [-0.4, -0.2) is 9.36 Å². The fourth-order valence-electron chi connectivity index (χ4n) is 6.83. The lowest BCUT2D eigenvalue weighted by atomic mass is 10.0. The molecule has 0 N–H and O–H groups in total. The number of para-hydroxylation sites is 1. The Labute approximate surface area is 296 Å². The van der Waals surface area contributed by atoms with Crippen molar-refractivity contribution < 1.29 is 4.42 Å². The molecule has 4 nitrogen and oxygen atoms in total. The van der Waals surface area contributed by atoms with Gasteiger partial charge >= 0.3 is 0 Å². The molecule has 0 saturated carbocycles. The van der Waals surface area contributed by atoms with Crippen molar-refractivity contribution in [1.29, 1.82) is 0 Å². The molecule has 0 spiro atoms. The number of thiophene rings is 1. The second-order valence-corrected chi connectivity index (χ2v) is 14.1. The van der Waals surface area contributed by atoms with Gasteiger partial charge in [0, 0.05) is 59.1 Å². The first-order valence-corrected chi connectivity index (χ1v) is 18.1. The third-order valence-corrected chi connectivity index (χ3v) is 11.2. The molecule has 7 aromatic carbocycles. The van der Waals surface area contributed by atoms with Gasteiger partial charge in [-0.1, -0.05) is 84.9 Å². The molecule has 10 rings (SSSR count). The highest BCUT2D eigenvalue weighted by Gasteiger charge is 2.17. The number of hydrogen-bond acceptors (Lipinski definition) is 6. The van der Waals surface area contributed by atoms with Gasteiger partial charge in [-0.15, -0.1) is 11.3 Å². The summed E-state index contributed by atoms with van der Waals surface area (Å²) in [5, 5.41) is 5.64. The van der Waals surface area contributed by atoms with Crippen LogP contribution in [0.3, 0.4) is 0 Å². The van der Waals surface area contributed by atoms with Crippen molar-refractivity contribution in [2.75, 3.05) is 4.90 Å². The first kappa shape index (κ1) is 28.9. The molecule has 0 saturated heterocycles. The minimum atomic E-state index is 0.701. The smallest absolute Gasteiger partial charge is 0.173 e. The summed E-state index contributed by atoms with van der Waals surface area (Å²) in [6.45, 7) is 0. The maximum atomic E-state index is 6.13. The molecule has 0 atom stereocenters. The number of furan rings is 1. The quantitative estimate of drug-likeness (QED) is 0.176. The van der Waals surface area contributed by atoms with Crippen molar-refractivity contribution in [1.82, 2.24) is 9.36 Å². The molecular weight excluding hydrogens is 651 g/mol. The monoisotopic (exact) mass is 677 g/mol. The second kappa shape index (κ2) is 11.8. The molecule has 6 heteroatoms. The molecular formula is C44H27N3OS2. The molecule has 10 aromatic rings. The van der Waals surface area contributed by atoms with Gasteiger partial charge in [0.05, 0.1) is 0 Å². The number of anilines is 3. The summed E-state index contributed by atoms with van der Waals surface area (Å²) >= 11 is 3.25. The molecule has 0 unspecified atom stereocenters. The summed E-state index contributed by atoms with van der Waals surface area (Å²) in [5.41, 5.74) is 9.33. The standard InChI is InChI=1S/C44H27N3OS2/c1-2-9-28(10-3-1)30-11-8-12-33(25-30)47(34-22-24-42-38(27-34)37-14-5-7-16-41(37)49-42)32-20-17-29(18-21-32)44-45-43(46-50-44)31-19-23-36-35-13-4-6-15-39(35)48-40(36)26-31/h1-27H. The fraction of sp³-hybridized carbons (Fsp3) is 0. The van der Waals surface area contributed by atoms with Crippen molar-refractivity contribution in [3.8, 4) is 33.1 Å². The summed E-state index contributed by atoms with van der Waals surface area (Å²) in [4.78, 5) is 7.30. The van der Waals surface area contributed by atoms with Crippen LogP contribution in [0.4, 0.5) is 17.1 Å². The van der Waals surface area contributed by atoms with Crippen molar-refractivity contribution >= 4 is 82.0 Å². The van der Waals surface area contributed by atoms with Gasteiger partial charge in [0.25, 0.3) is 0 Å². The van der Waals surface area contributed by atoms with E-state index >= 15 is 0 Å². The highest BCUT2D eigenvalue weighted by atomic mass is 32.1. The maximum Gasteiger partial charge on any atom is 0.173 e. The van der Waals surface area contributed by atoms with Gasteiger partial charge < -0.3 is 9.32 Å². The molecule has 0 aliphatic rings. The van der Waals surface area contributed by atoms with Crippen LogP contribution in [0.15, 0.2) is 168 Å². The number of rotatable bonds is 6. The largest absolute Gasteiger partial charge is 0.456 e. The molecule has 50 heavy (non-hydrogen) atoms. The van der Waals surface area contributed by atoms with E-state index in [0.717, 1.165) is 55.1 Å². The molecule has 0 fully saturated rings. The second-order valence-electron chi connectivity index (χ2n) is 12.3. The summed E-state index contributed by atoms with van der Waals surface area (Å²) in [5.74, 6) is 0.701. The first-order chi connectivity index (χ1) is 24.7. The van der Waals surface area contributed by atoms with Crippen LogP contribution >= 0.6 is 22.9 Å². The normalized spacial score (nSPS) is 11.6. The highest BCUT2D eigenvalue weighted by Crippen LogP contribution is 2.42. The van der Waals surface area contributed by atoms with Gasteiger partial charge in [-0.2, -0.15) is 4.37 Å². The Balaban J connectivity index is 1.03. The number of fused-ring (bicyclic) bond motifs is 6. The van der Waals surface area contributed by atoms with E-state index in [1.165, 1.54) is 42.8 Å². The van der Waals surface area contributed by atoms with Crippen molar-refractivity contribution in [2.24, 2.45) is 0 Å². The average Bonchev–Trinajstić information content (AvgIpc) is 3.91. The zero-order valence-corrected chi connectivity index (χ0v) is 28.3. The van der Waals surface area contributed by atoms with E-state index < -0.39 is 0 Å². The summed E-state index contributed by atoms with van der Waals surface area (Å²) in [6.07, 6.45) is 0. The molecule has 0 bridgehead atoms. The van der Waals surface area contributed by atoms with Gasteiger partial charge in [0.15, 0.2) is 5.82 Å². The summed E-state index contributed by atoms with van der Waals surface area (Å²) in [7, 11) is 0. The summed E-state index contributed by atoms with van der Waals surface area (Å²) in [6, 6.07) is 57.8. The molecule has 0 aliphatic carbocycles. The van der Waals surface area contributed by atoms with E-state index in [1.54, 1.807) is 0 Å². The molecule has 0 radical (unpaired) electrons. The van der Waals surface area contributed by atoms with Crippen LogP contribution in [0.5, 0.6) is 0 Å². The minimum absolute atomic E-state index is 0.701. The van der Waals surface area contributed by atoms with Gasteiger partial charge in [-0.3, -0.25) is 0 Å². The predicted octanol–water partition coefficient (Wildman–Crippen LogP) is 13.3. The van der Waals surface area contributed by atoms with E-state index in [-0.39, 0.29) is 0 Å². The van der Waals surface area contributed by atoms with Gasteiger partial charge in [-0.05, 0) is 102 Å². The lowest BCUT2D eigenvalue weighted by molar-refractivity contribution is 0.669. The van der Waals surface area contributed by atoms with Crippen molar-refractivity contribution in [3.63, 3.8) is 0 Å². The third-order valence-electron chi connectivity index (χ3n) is 9.27. The lowest BCUT2D eigenvalue weighted by Crippen LogP contribution is -2.10. The maximum absolute atomic E-state index is 6.13. The Kier molecular flexibility index (Phi) is 6.82. The number of aromatic nitrogens is 2. The zero-order valence-electron chi connectivity index (χ0n) is 26.7. The first-order valence-electron chi connectivity index (χ1n) is 16.5. The van der Waals surface area contributed by atoms with E-state index in [4.69, 9.17) is 13.8 Å². The van der Waals surface area contributed by atoms with E-state index in [1.807, 2.05) is 35.6 Å². The fourth-order valence-corrected chi connectivity index (χ4v) is 8.61. The van der Waals surface area contributed by atoms with E-state index in [0.29, 0.717) is 5.82 Å². The van der Waals surface area contributed by atoms with Gasteiger partial charge in [-0.25, -0.2) is 4.98 Å². The predicted molar refractivity (Wildman–Crippen MR) is 211 cm³/mol. The van der Waals surface area contributed by atoms with Crippen molar-refractivity contribution in [3.05, 3.63) is 164 Å². The van der Waals surface area contributed by atoms with Crippen LogP contribution in [0, 0.1) is 0 Å². The van der Waals surface area contributed by atoms with Crippen LogP contribution < -0.4 is 4.90 Å². The number of hydrogen-bond donors (Lipinski definition) is 0. The third kappa shape index (κ3) is 4.96. The van der Waals surface area contributed by atoms with Gasteiger partial charge in [0.2, 0.25) is 0 Å². The van der Waals surface area contributed by atoms with Crippen LogP contribution in [-0.2, 0) is 0 Å². The topological polar surface area (TPSA) is 42.2 Å². The van der Waals surface area contributed by atoms with E-state index in [2.05, 4.69) is 144 Å². The highest BCUT2D eigenvalue weighted by molar-refractivity contribution is 7.25. The molecule has 3 heterocycles. The Morgan fingerprint density at radius 1 is 0.440 bits per heavy atom. The Bertz CT molecular complexity index is 2830. The Hall–Kier alpha value is -6.08. The molecule has 0 aliphatic heterocycles. The van der Waals surface area contributed by atoms with Crippen LogP contribution in [0.2, 0.25) is 0 Å². The van der Waals surface area contributed by atoms with E-state index in [9.17, 15) is 0 Å². The zero-order chi connectivity index (χ0) is 33.0. The Morgan fingerprint density at radius 3 is 2.04 bits per heavy atom. The molecule has 3 aromatic heterocycles. The van der Waals surface area contributed by atoms with Gasteiger partial charge in [0.1, 0.15) is 16.2 Å². The summed E-state index contributed by atoms with van der Waals surface area (Å²) < 4.78 is 13.5. The van der Waals surface area contributed by atoms with Crippen LogP contribution in [0.25, 0.3) is 75.2 Å². The number of benzene rings is 7. The average molecular weight is 678 g/mol. The molecule has 0 amide bonds. The number of nitrogens with zero attached hydrogens (tertiary/aromatic N) is 3. The van der Waals surface area contributed by atoms with Crippen molar-refractivity contribution in [2.45, 2.75) is 0 Å². The minimum Gasteiger partial charge on any atom is -0.456 e. The SMILES string of the molecule is c1ccc(-c2cccc(N(c3ccc(-c4nc(-c5ccc6c(c5)oc5ccccc56)ns4)cc3)c3ccc4sc5ccccc5c4c3)c2)cc1.